The van der Waals surface area contributed by atoms with Gasteiger partial charge in [0.05, 0.1) is 5.69 Å². The Hall–Kier alpha value is -2.43. The number of carbonyl (C=O) groups is 1. The Labute approximate surface area is 121 Å². The zero-order valence-corrected chi connectivity index (χ0v) is 11.3. The van der Waals surface area contributed by atoms with E-state index in [0.29, 0.717) is 24.2 Å². The average molecular weight is 288 g/mol. The van der Waals surface area contributed by atoms with Gasteiger partial charge < -0.3 is 5.32 Å². The summed E-state index contributed by atoms with van der Waals surface area (Å²) in [6.07, 6.45) is 0.646. The molecule has 1 N–H and O–H groups in total. The summed E-state index contributed by atoms with van der Waals surface area (Å²) in [5.74, 6) is -1.83. The quantitative estimate of drug-likeness (QED) is 0.924. The predicted molar refractivity (Wildman–Crippen MR) is 76.1 cm³/mol. The maximum atomic E-state index is 13.4. The molecule has 1 aliphatic rings. The first kappa shape index (κ1) is 13.5. The van der Waals surface area contributed by atoms with Gasteiger partial charge in [-0.1, -0.05) is 30.3 Å². The van der Waals surface area contributed by atoms with Gasteiger partial charge in [-0.15, -0.1) is 0 Å². The molecule has 0 radical (unpaired) electrons. The number of nitrogens with zero attached hydrogens (tertiary/aromatic N) is 1. The molecule has 0 bridgehead atoms. The molecule has 21 heavy (non-hydrogen) atoms. The van der Waals surface area contributed by atoms with E-state index < -0.39 is 11.6 Å². The fourth-order valence-corrected chi connectivity index (χ4v) is 2.45. The van der Waals surface area contributed by atoms with Gasteiger partial charge in [-0.3, -0.25) is 4.90 Å². The van der Waals surface area contributed by atoms with E-state index in [1.807, 2.05) is 30.3 Å². The highest BCUT2D eigenvalue weighted by atomic mass is 19.2. The van der Waals surface area contributed by atoms with E-state index in [1.54, 1.807) is 0 Å². The smallest absolute Gasteiger partial charge is 0.322 e. The van der Waals surface area contributed by atoms with Crippen LogP contribution < -0.4 is 10.2 Å². The molecule has 2 amide bonds. The molecule has 1 aliphatic heterocycles. The highest BCUT2D eigenvalue weighted by molar-refractivity contribution is 5.94. The highest BCUT2D eigenvalue weighted by Crippen LogP contribution is 2.27. The number of nitrogens with one attached hydrogen (secondary N) is 1. The zero-order chi connectivity index (χ0) is 14.8. The molecule has 0 atom stereocenters. The van der Waals surface area contributed by atoms with Crippen molar-refractivity contribution in [2.75, 3.05) is 11.4 Å². The molecular weight excluding hydrogens is 274 g/mol. The molecule has 1 heterocycles. The molecule has 0 aromatic heterocycles. The molecule has 0 aliphatic carbocycles. The number of hydrogen-bond acceptors (Lipinski definition) is 1. The van der Waals surface area contributed by atoms with Gasteiger partial charge in [0.25, 0.3) is 0 Å². The molecule has 3 nitrogen and oxygen atoms in total. The largest absolute Gasteiger partial charge is 0.334 e. The van der Waals surface area contributed by atoms with Gasteiger partial charge in [0.15, 0.2) is 11.6 Å². The zero-order valence-electron chi connectivity index (χ0n) is 11.3. The fraction of sp³-hybridized carbons (Fsp3) is 0.188. The molecule has 0 saturated carbocycles. The van der Waals surface area contributed by atoms with E-state index >= 15 is 0 Å². The molecule has 0 unspecified atom stereocenters. The van der Waals surface area contributed by atoms with Crippen molar-refractivity contribution >= 4 is 11.7 Å². The molecular formula is C16H14F2N2O. The van der Waals surface area contributed by atoms with Crippen LogP contribution in [-0.4, -0.2) is 12.6 Å². The van der Waals surface area contributed by atoms with Crippen LogP contribution in [0.4, 0.5) is 19.3 Å². The van der Waals surface area contributed by atoms with Crippen LogP contribution in [0.3, 0.4) is 0 Å². The van der Waals surface area contributed by atoms with E-state index in [0.717, 1.165) is 17.7 Å². The number of carbonyl (C=O) groups excluding carboxylic acids is 1. The standard InChI is InChI=1S/C16H14F2N2O/c17-13-8-12-10-19-16(21)20(15(12)9-14(13)18)7-6-11-4-2-1-3-5-11/h1-5,8-9H,6-7,10H2,(H,19,21). The number of amides is 2. The van der Waals surface area contributed by atoms with E-state index in [2.05, 4.69) is 5.32 Å². The maximum absolute atomic E-state index is 13.4. The van der Waals surface area contributed by atoms with Crippen molar-refractivity contribution in [1.29, 1.82) is 0 Å². The third-order valence-corrected chi connectivity index (χ3v) is 3.55. The third kappa shape index (κ3) is 2.72. The van der Waals surface area contributed by atoms with Crippen molar-refractivity contribution < 1.29 is 13.6 Å². The number of benzene rings is 2. The van der Waals surface area contributed by atoms with Crippen LogP contribution >= 0.6 is 0 Å². The van der Waals surface area contributed by atoms with Crippen molar-refractivity contribution in [3.8, 4) is 0 Å². The topological polar surface area (TPSA) is 32.3 Å². The molecule has 0 spiro atoms. The van der Waals surface area contributed by atoms with E-state index in [-0.39, 0.29) is 12.6 Å². The second-order valence-electron chi connectivity index (χ2n) is 4.94. The van der Waals surface area contributed by atoms with Crippen molar-refractivity contribution in [2.24, 2.45) is 0 Å². The summed E-state index contributed by atoms with van der Waals surface area (Å²) < 4.78 is 26.7. The summed E-state index contributed by atoms with van der Waals surface area (Å²) in [5.41, 5.74) is 2.11. The molecule has 108 valence electrons. The Bertz CT molecular complexity index is 673. The lowest BCUT2D eigenvalue weighted by molar-refractivity contribution is 0.244. The number of hydrogen-bond donors (Lipinski definition) is 1. The monoisotopic (exact) mass is 288 g/mol. The summed E-state index contributed by atoms with van der Waals surface area (Å²) in [6, 6.07) is 11.6. The Morgan fingerprint density at radius 3 is 2.57 bits per heavy atom. The molecule has 2 aromatic carbocycles. The average Bonchev–Trinajstić information content (AvgIpc) is 2.49. The van der Waals surface area contributed by atoms with Gasteiger partial charge in [-0.2, -0.15) is 0 Å². The van der Waals surface area contributed by atoms with Crippen molar-refractivity contribution in [2.45, 2.75) is 13.0 Å². The number of fused-ring (bicyclic) bond motifs is 1. The SMILES string of the molecule is O=C1NCc2cc(F)c(F)cc2N1CCc1ccccc1. The lowest BCUT2D eigenvalue weighted by atomic mass is 10.1. The Morgan fingerprint density at radius 1 is 1.10 bits per heavy atom. The van der Waals surface area contributed by atoms with Crippen LogP contribution in [-0.2, 0) is 13.0 Å². The van der Waals surface area contributed by atoms with Crippen molar-refractivity contribution in [3.05, 3.63) is 65.2 Å². The summed E-state index contributed by atoms with van der Waals surface area (Å²) in [6.45, 7) is 0.626. The maximum Gasteiger partial charge on any atom is 0.322 e. The summed E-state index contributed by atoms with van der Waals surface area (Å²) in [5, 5.41) is 2.67. The highest BCUT2D eigenvalue weighted by Gasteiger charge is 2.25. The predicted octanol–water partition coefficient (Wildman–Crippen LogP) is 3.24. The van der Waals surface area contributed by atoms with Crippen LogP contribution in [0, 0.1) is 11.6 Å². The van der Waals surface area contributed by atoms with Gasteiger partial charge in [-0.05, 0) is 23.6 Å². The molecule has 0 fully saturated rings. The first-order valence-corrected chi connectivity index (χ1v) is 6.72. The third-order valence-electron chi connectivity index (χ3n) is 3.55. The Kier molecular flexibility index (Phi) is 3.56. The Balaban J connectivity index is 1.85. The number of urea groups is 1. The first-order valence-electron chi connectivity index (χ1n) is 6.72. The van der Waals surface area contributed by atoms with E-state index in [4.69, 9.17) is 0 Å². The number of halogens is 2. The van der Waals surface area contributed by atoms with Crippen LogP contribution in [0.5, 0.6) is 0 Å². The van der Waals surface area contributed by atoms with Crippen molar-refractivity contribution in [3.63, 3.8) is 0 Å². The minimum atomic E-state index is -0.937. The minimum absolute atomic E-state index is 0.215. The minimum Gasteiger partial charge on any atom is -0.334 e. The van der Waals surface area contributed by atoms with Crippen LogP contribution in [0.2, 0.25) is 0 Å². The molecule has 3 rings (SSSR count). The van der Waals surface area contributed by atoms with Gasteiger partial charge in [0, 0.05) is 19.2 Å². The van der Waals surface area contributed by atoms with E-state index in [9.17, 15) is 13.6 Å². The van der Waals surface area contributed by atoms with Crippen LogP contribution in [0.1, 0.15) is 11.1 Å². The second kappa shape index (κ2) is 5.52. The Morgan fingerprint density at radius 2 is 1.81 bits per heavy atom. The van der Waals surface area contributed by atoms with E-state index in [1.165, 1.54) is 4.90 Å². The van der Waals surface area contributed by atoms with Gasteiger partial charge in [-0.25, -0.2) is 13.6 Å². The van der Waals surface area contributed by atoms with Crippen molar-refractivity contribution in [1.82, 2.24) is 5.32 Å². The summed E-state index contributed by atoms with van der Waals surface area (Å²) >= 11 is 0. The molecule has 0 saturated heterocycles. The summed E-state index contributed by atoms with van der Waals surface area (Å²) in [7, 11) is 0. The summed E-state index contributed by atoms with van der Waals surface area (Å²) in [4.78, 5) is 13.4. The molecule has 5 heteroatoms. The van der Waals surface area contributed by atoms with Gasteiger partial charge in [0.1, 0.15) is 0 Å². The fourth-order valence-electron chi connectivity index (χ4n) is 2.45. The normalized spacial score (nSPS) is 13.8. The van der Waals surface area contributed by atoms with Gasteiger partial charge >= 0.3 is 6.03 Å². The number of rotatable bonds is 3. The first-order chi connectivity index (χ1) is 10.1. The van der Waals surface area contributed by atoms with Gasteiger partial charge in [0.2, 0.25) is 0 Å². The molecule has 2 aromatic rings. The lowest BCUT2D eigenvalue weighted by Crippen LogP contribution is -2.45. The lowest BCUT2D eigenvalue weighted by Gasteiger charge is -2.30. The second-order valence-corrected chi connectivity index (χ2v) is 4.94. The van der Waals surface area contributed by atoms with Crippen LogP contribution in [0.25, 0.3) is 0 Å². The van der Waals surface area contributed by atoms with Crippen LogP contribution in [0.15, 0.2) is 42.5 Å². The number of anilines is 1.